The zero-order valence-corrected chi connectivity index (χ0v) is 12.4. The van der Waals surface area contributed by atoms with Crippen LogP contribution < -0.4 is 5.73 Å². The summed E-state index contributed by atoms with van der Waals surface area (Å²) in [5.41, 5.74) is 8.86. The van der Waals surface area contributed by atoms with Gasteiger partial charge in [0.15, 0.2) is 5.82 Å². The molecule has 3 rings (SSSR count). The van der Waals surface area contributed by atoms with E-state index in [4.69, 9.17) is 10.3 Å². The summed E-state index contributed by atoms with van der Waals surface area (Å²) in [6, 6.07) is 8.39. The molecule has 1 heterocycles. The molecule has 0 saturated carbocycles. The lowest BCUT2D eigenvalue weighted by molar-refractivity contribution is 0.346. The van der Waals surface area contributed by atoms with Gasteiger partial charge in [-0.2, -0.15) is 16.7 Å². The van der Waals surface area contributed by atoms with Crippen molar-refractivity contribution in [1.82, 2.24) is 10.1 Å². The van der Waals surface area contributed by atoms with Gasteiger partial charge in [-0.15, -0.1) is 0 Å². The molecular formula is C15H19N3OS. The molecule has 1 aliphatic carbocycles. The Morgan fingerprint density at radius 2 is 2.05 bits per heavy atom. The quantitative estimate of drug-likeness (QED) is 0.916. The van der Waals surface area contributed by atoms with E-state index in [-0.39, 0.29) is 6.04 Å². The number of nitrogens with two attached hydrogens (primary N) is 1. The van der Waals surface area contributed by atoms with Crippen LogP contribution in [-0.4, -0.2) is 22.1 Å². The van der Waals surface area contributed by atoms with Crippen molar-refractivity contribution in [3.05, 3.63) is 47.1 Å². The molecule has 0 bridgehead atoms. The summed E-state index contributed by atoms with van der Waals surface area (Å²) >= 11 is 1.78. The van der Waals surface area contributed by atoms with Crippen LogP contribution >= 0.6 is 11.8 Å². The minimum absolute atomic E-state index is 0.146. The number of fused-ring (bicyclic) bond motifs is 1. The van der Waals surface area contributed by atoms with Crippen LogP contribution in [0, 0.1) is 0 Å². The zero-order chi connectivity index (χ0) is 13.9. The molecule has 0 saturated heterocycles. The van der Waals surface area contributed by atoms with Crippen molar-refractivity contribution in [2.75, 3.05) is 12.0 Å². The molecule has 1 atom stereocenters. The predicted molar refractivity (Wildman–Crippen MR) is 80.8 cm³/mol. The zero-order valence-electron chi connectivity index (χ0n) is 11.6. The highest BCUT2D eigenvalue weighted by Gasteiger charge is 2.27. The fourth-order valence-corrected chi connectivity index (χ4v) is 3.16. The molecule has 0 spiro atoms. The molecule has 2 aromatic rings. The smallest absolute Gasteiger partial charge is 0.243 e. The van der Waals surface area contributed by atoms with Crippen LogP contribution in [-0.2, 0) is 12.8 Å². The Bertz CT molecular complexity index is 559. The molecule has 1 unspecified atom stereocenters. The average Bonchev–Trinajstić information content (AvgIpc) is 3.10. The lowest BCUT2D eigenvalue weighted by atomic mass is 10.1. The molecule has 5 heteroatoms. The molecule has 0 aliphatic heterocycles. The number of hydrogen-bond donors (Lipinski definition) is 1. The van der Waals surface area contributed by atoms with E-state index in [1.165, 1.54) is 11.1 Å². The predicted octanol–water partition coefficient (Wildman–Crippen LogP) is 2.70. The monoisotopic (exact) mass is 289 g/mol. The molecule has 1 aliphatic rings. The largest absolute Gasteiger partial charge is 0.338 e. The molecule has 0 radical (unpaired) electrons. The van der Waals surface area contributed by atoms with E-state index in [2.05, 4.69) is 40.7 Å². The SMILES string of the molecule is CSCCC(N)c1nc(C2Cc3ccccc3C2)no1. The first kappa shape index (κ1) is 13.6. The van der Waals surface area contributed by atoms with E-state index in [9.17, 15) is 0 Å². The van der Waals surface area contributed by atoms with E-state index in [1.807, 2.05) is 0 Å². The average molecular weight is 289 g/mol. The van der Waals surface area contributed by atoms with E-state index in [0.29, 0.717) is 11.8 Å². The van der Waals surface area contributed by atoms with Gasteiger partial charge in [0.05, 0.1) is 6.04 Å². The fraction of sp³-hybridized carbons (Fsp3) is 0.467. The summed E-state index contributed by atoms with van der Waals surface area (Å²) in [6.45, 7) is 0. The molecule has 0 amide bonds. The Balaban J connectivity index is 1.69. The number of thioether (sulfide) groups is 1. The Morgan fingerprint density at radius 3 is 2.70 bits per heavy atom. The van der Waals surface area contributed by atoms with E-state index in [0.717, 1.165) is 30.8 Å². The normalized spacial score (nSPS) is 16.3. The van der Waals surface area contributed by atoms with Crippen molar-refractivity contribution in [3.63, 3.8) is 0 Å². The molecule has 1 aromatic carbocycles. The van der Waals surface area contributed by atoms with Gasteiger partial charge in [-0.25, -0.2) is 0 Å². The van der Waals surface area contributed by atoms with Crippen molar-refractivity contribution in [1.29, 1.82) is 0 Å². The third-order valence-corrected chi connectivity index (χ3v) is 4.47. The minimum Gasteiger partial charge on any atom is -0.338 e. The minimum atomic E-state index is -0.146. The molecule has 2 N–H and O–H groups in total. The number of aromatic nitrogens is 2. The summed E-state index contributed by atoms with van der Waals surface area (Å²) < 4.78 is 5.34. The Labute approximate surface area is 123 Å². The molecule has 20 heavy (non-hydrogen) atoms. The second-order valence-electron chi connectivity index (χ2n) is 5.25. The highest BCUT2D eigenvalue weighted by molar-refractivity contribution is 7.98. The van der Waals surface area contributed by atoms with Crippen molar-refractivity contribution in [2.24, 2.45) is 5.73 Å². The van der Waals surface area contributed by atoms with Gasteiger partial charge >= 0.3 is 0 Å². The molecule has 4 nitrogen and oxygen atoms in total. The number of rotatable bonds is 5. The first-order valence-electron chi connectivity index (χ1n) is 6.92. The lowest BCUT2D eigenvalue weighted by Gasteiger charge is -2.04. The van der Waals surface area contributed by atoms with Crippen LogP contribution in [0.2, 0.25) is 0 Å². The Kier molecular flexibility index (Phi) is 4.08. The van der Waals surface area contributed by atoms with Gasteiger partial charge in [0.1, 0.15) is 0 Å². The maximum atomic E-state index is 6.07. The summed E-state index contributed by atoms with van der Waals surface area (Å²) in [6.07, 6.45) is 4.93. The molecule has 106 valence electrons. The maximum Gasteiger partial charge on any atom is 0.243 e. The van der Waals surface area contributed by atoms with Crippen molar-refractivity contribution in [3.8, 4) is 0 Å². The third kappa shape index (κ3) is 2.74. The topological polar surface area (TPSA) is 64.9 Å². The third-order valence-electron chi connectivity index (χ3n) is 3.82. The summed E-state index contributed by atoms with van der Waals surface area (Å²) in [5.74, 6) is 2.71. The van der Waals surface area contributed by atoms with Gasteiger partial charge in [-0.05, 0) is 42.4 Å². The van der Waals surface area contributed by atoms with E-state index >= 15 is 0 Å². The van der Waals surface area contributed by atoms with Crippen LogP contribution in [0.3, 0.4) is 0 Å². The van der Waals surface area contributed by atoms with Gasteiger partial charge in [0.25, 0.3) is 0 Å². The Hall–Kier alpha value is -1.33. The standard InChI is InChI=1S/C15H19N3OS/c1-20-7-6-13(16)15-17-14(18-19-15)12-8-10-4-2-3-5-11(10)9-12/h2-5,12-13H,6-9,16H2,1H3. The number of nitrogens with zero attached hydrogens (tertiary/aromatic N) is 2. The number of benzene rings is 1. The maximum absolute atomic E-state index is 6.07. The highest BCUT2D eigenvalue weighted by atomic mass is 32.2. The van der Waals surface area contributed by atoms with Gasteiger partial charge in [-0.3, -0.25) is 0 Å². The van der Waals surface area contributed by atoms with Crippen LogP contribution in [0.4, 0.5) is 0 Å². The summed E-state index contributed by atoms with van der Waals surface area (Å²) in [7, 11) is 0. The van der Waals surface area contributed by atoms with Gasteiger partial charge < -0.3 is 10.3 Å². The Morgan fingerprint density at radius 1 is 1.35 bits per heavy atom. The lowest BCUT2D eigenvalue weighted by Crippen LogP contribution is -2.12. The van der Waals surface area contributed by atoms with Gasteiger partial charge in [0.2, 0.25) is 5.89 Å². The van der Waals surface area contributed by atoms with Crippen LogP contribution in [0.25, 0.3) is 0 Å². The van der Waals surface area contributed by atoms with Crippen molar-refractivity contribution in [2.45, 2.75) is 31.2 Å². The van der Waals surface area contributed by atoms with Crippen molar-refractivity contribution >= 4 is 11.8 Å². The van der Waals surface area contributed by atoms with Crippen LogP contribution in [0.1, 0.15) is 41.2 Å². The van der Waals surface area contributed by atoms with Crippen LogP contribution in [0.15, 0.2) is 28.8 Å². The molecular weight excluding hydrogens is 270 g/mol. The molecule has 1 aromatic heterocycles. The second-order valence-corrected chi connectivity index (χ2v) is 6.24. The summed E-state index contributed by atoms with van der Waals surface area (Å²) in [4.78, 5) is 4.52. The van der Waals surface area contributed by atoms with Gasteiger partial charge in [0, 0.05) is 5.92 Å². The number of hydrogen-bond acceptors (Lipinski definition) is 5. The second kappa shape index (κ2) is 5.97. The fourth-order valence-electron chi connectivity index (χ4n) is 2.67. The van der Waals surface area contributed by atoms with E-state index in [1.54, 1.807) is 11.8 Å². The van der Waals surface area contributed by atoms with E-state index < -0.39 is 0 Å². The van der Waals surface area contributed by atoms with Crippen LogP contribution in [0.5, 0.6) is 0 Å². The van der Waals surface area contributed by atoms with Crippen molar-refractivity contribution < 1.29 is 4.52 Å². The molecule has 0 fully saturated rings. The first-order chi connectivity index (χ1) is 9.78. The highest BCUT2D eigenvalue weighted by Crippen LogP contribution is 2.32. The van der Waals surface area contributed by atoms with Gasteiger partial charge in [-0.1, -0.05) is 29.4 Å². The first-order valence-corrected chi connectivity index (χ1v) is 8.32. The summed E-state index contributed by atoms with van der Waals surface area (Å²) in [5, 5.41) is 4.14.